The molecule has 1 aromatic carbocycles. The molecule has 1 unspecified atom stereocenters. The molecule has 1 aromatic heterocycles. The molecule has 1 spiro atoms. The lowest BCUT2D eigenvalue weighted by atomic mass is 9.66. The number of hydrogen-bond donors (Lipinski definition) is 2. The molecule has 8 heteroatoms. The van der Waals surface area contributed by atoms with Crippen LogP contribution in [0.4, 0.5) is 5.69 Å². The van der Waals surface area contributed by atoms with Crippen LogP contribution in [-0.4, -0.2) is 35.2 Å². The molecule has 0 aliphatic carbocycles. The second-order valence-corrected chi connectivity index (χ2v) is 8.41. The van der Waals surface area contributed by atoms with Crippen molar-refractivity contribution in [2.75, 3.05) is 18.1 Å². The molecule has 3 heterocycles. The Hall–Kier alpha value is -3.29. The van der Waals surface area contributed by atoms with E-state index >= 15 is 0 Å². The van der Waals surface area contributed by atoms with Crippen LogP contribution in [0.25, 0.3) is 0 Å². The van der Waals surface area contributed by atoms with Gasteiger partial charge in [-0.3, -0.25) is 9.89 Å². The number of H-pyrrole nitrogens is 1. The molecule has 2 aliphatic heterocycles. The Labute approximate surface area is 175 Å². The summed E-state index contributed by atoms with van der Waals surface area (Å²) in [4.78, 5) is 28.9. The number of amides is 1. The summed E-state index contributed by atoms with van der Waals surface area (Å²) in [6.45, 7) is 10.2. The number of nitrogens with two attached hydrogens (primary N) is 1. The van der Waals surface area contributed by atoms with Gasteiger partial charge in [-0.2, -0.15) is 0 Å². The molecule has 0 radical (unpaired) electrons. The third kappa shape index (κ3) is 2.42. The number of anilines is 1. The predicted octanol–water partition coefficient (Wildman–Crippen LogP) is 2.49. The van der Waals surface area contributed by atoms with E-state index < -0.39 is 16.8 Å². The van der Waals surface area contributed by atoms with Crippen molar-refractivity contribution in [1.29, 1.82) is 0 Å². The molecule has 0 bridgehead atoms. The summed E-state index contributed by atoms with van der Waals surface area (Å²) in [7, 11) is 0. The molecule has 1 amide bonds. The van der Waals surface area contributed by atoms with Crippen molar-refractivity contribution in [3.05, 3.63) is 52.5 Å². The molecular weight excluding hydrogens is 384 g/mol. The minimum Gasteiger partial charge on any atom is -0.462 e. The summed E-state index contributed by atoms with van der Waals surface area (Å²) < 4.78 is 11.1. The van der Waals surface area contributed by atoms with Crippen LogP contribution in [0.5, 0.6) is 5.88 Å². The van der Waals surface area contributed by atoms with Crippen molar-refractivity contribution in [1.82, 2.24) is 10.2 Å². The molecule has 0 fully saturated rings. The molecule has 8 nitrogen and oxygen atoms in total. The second-order valence-electron chi connectivity index (χ2n) is 8.41. The van der Waals surface area contributed by atoms with Gasteiger partial charge in [-0.25, -0.2) is 4.79 Å². The van der Waals surface area contributed by atoms with Crippen LogP contribution in [0.1, 0.15) is 51.4 Å². The van der Waals surface area contributed by atoms with E-state index in [0.717, 1.165) is 5.69 Å². The van der Waals surface area contributed by atoms with Gasteiger partial charge in [0.15, 0.2) is 0 Å². The Balaban J connectivity index is 2.16. The molecule has 1 atom stereocenters. The number of nitrogens with one attached hydrogen (secondary N) is 1. The largest absolute Gasteiger partial charge is 0.462 e. The van der Waals surface area contributed by atoms with E-state index in [1.165, 1.54) is 0 Å². The number of benzene rings is 1. The third-order valence-corrected chi connectivity index (χ3v) is 5.65. The first kappa shape index (κ1) is 20.0. The monoisotopic (exact) mass is 410 g/mol. The van der Waals surface area contributed by atoms with E-state index in [9.17, 15) is 9.59 Å². The van der Waals surface area contributed by atoms with Crippen molar-refractivity contribution in [2.24, 2.45) is 5.73 Å². The number of aromatic amines is 1. The number of para-hydroxylation sites is 1. The number of ether oxygens (including phenoxy) is 2. The van der Waals surface area contributed by atoms with Crippen LogP contribution in [0.15, 0.2) is 35.7 Å². The van der Waals surface area contributed by atoms with Gasteiger partial charge in [0.25, 0.3) is 0 Å². The summed E-state index contributed by atoms with van der Waals surface area (Å²) in [5, 5.41) is 7.33. The van der Waals surface area contributed by atoms with Crippen LogP contribution < -0.4 is 15.4 Å². The average Bonchev–Trinajstić information content (AvgIpc) is 3.21. The number of esters is 1. The summed E-state index contributed by atoms with van der Waals surface area (Å²) in [6.07, 6.45) is 0. The smallest absolute Gasteiger partial charge is 0.341 e. The zero-order valence-corrected chi connectivity index (χ0v) is 17.8. The summed E-state index contributed by atoms with van der Waals surface area (Å²) in [6, 6.07) is 7.43. The van der Waals surface area contributed by atoms with Crippen molar-refractivity contribution in [2.45, 2.75) is 45.4 Å². The summed E-state index contributed by atoms with van der Waals surface area (Å²) >= 11 is 0. The van der Waals surface area contributed by atoms with Crippen LogP contribution in [0.3, 0.4) is 0 Å². The maximum Gasteiger partial charge on any atom is 0.341 e. The van der Waals surface area contributed by atoms with Gasteiger partial charge in [-0.05, 0) is 19.9 Å². The maximum atomic E-state index is 14.1. The molecule has 0 saturated heterocycles. The number of hydrogen-bond acceptors (Lipinski definition) is 6. The molecule has 0 saturated carbocycles. The van der Waals surface area contributed by atoms with Gasteiger partial charge in [0.1, 0.15) is 11.0 Å². The quantitative estimate of drug-likeness (QED) is 0.752. The van der Waals surface area contributed by atoms with Gasteiger partial charge in [0.05, 0.1) is 12.2 Å². The highest BCUT2D eigenvalue weighted by Gasteiger charge is 2.63. The van der Waals surface area contributed by atoms with Crippen molar-refractivity contribution >= 4 is 17.6 Å². The zero-order valence-electron chi connectivity index (χ0n) is 17.8. The lowest BCUT2D eigenvalue weighted by Gasteiger charge is -2.36. The van der Waals surface area contributed by atoms with Gasteiger partial charge in [-0.15, -0.1) is 5.10 Å². The highest BCUT2D eigenvalue weighted by atomic mass is 16.5. The highest BCUT2D eigenvalue weighted by molar-refractivity contribution is 6.18. The van der Waals surface area contributed by atoms with Gasteiger partial charge in [-0.1, -0.05) is 39.0 Å². The molecule has 158 valence electrons. The van der Waals surface area contributed by atoms with Gasteiger partial charge < -0.3 is 20.1 Å². The Bertz CT molecular complexity index is 1080. The van der Waals surface area contributed by atoms with Crippen molar-refractivity contribution in [3.8, 4) is 5.88 Å². The molecule has 3 N–H and O–H groups in total. The molecule has 2 aromatic rings. The number of carbonyl (C=O) groups excluding carboxylic acids is 2. The summed E-state index contributed by atoms with van der Waals surface area (Å²) in [5.74, 6) is -0.919. The topological polar surface area (TPSA) is 111 Å². The minimum atomic E-state index is -1.49. The lowest BCUT2D eigenvalue weighted by Crippen LogP contribution is -2.49. The third-order valence-electron chi connectivity index (χ3n) is 5.65. The normalized spacial score (nSPS) is 20.3. The van der Waals surface area contributed by atoms with Crippen LogP contribution in [0.2, 0.25) is 0 Å². The van der Waals surface area contributed by atoms with Crippen LogP contribution >= 0.6 is 0 Å². The van der Waals surface area contributed by atoms with E-state index in [4.69, 9.17) is 15.2 Å². The SMILES string of the molecule is CCOC(=O)C1=C(N)Oc2n[nH]c(C(C)(C)C)c2C12C(=O)N(CC)c1ccccc12. The Kier molecular flexibility index (Phi) is 4.41. The summed E-state index contributed by atoms with van der Waals surface area (Å²) in [5.41, 5.74) is 6.95. The van der Waals surface area contributed by atoms with Gasteiger partial charge in [0, 0.05) is 28.9 Å². The standard InChI is InChI=1S/C22H26N4O4/c1-6-26-13-11-9-8-10-12(13)22(20(26)28)14-16(21(3,4)5)24-25-18(14)30-17(23)15(22)19(27)29-7-2/h8-11H,6-7,23H2,1-5H3,(H,24,25). The number of aromatic nitrogens is 2. The van der Waals surface area contributed by atoms with E-state index in [1.807, 2.05) is 52.0 Å². The van der Waals surface area contributed by atoms with Crippen LogP contribution in [-0.2, 0) is 25.2 Å². The minimum absolute atomic E-state index is 0.00264. The fraction of sp³-hybridized carbons (Fsp3) is 0.409. The van der Waals surface area contributed by atoms with E-state index in [2.05, 4.69) is 10.2 Å². The van der Waals surface area contributed by atoms with Gasteiger partial charge >= 0.3 is 5.97 Å². The molecule has 2 aliphatic rings. The molecular formula is C22H26N4O4. The van der Waals surface area contributed by atoms with E-state index in [1.54, 1.807) is 11.8 Å². The first-order valence-electron chi connectivity index (χ1n) is 10.1. The second kappa shape index (κ2) is 6.62. The Morgan fingerprint density at radius 1 is 1.30 bits per heavy atom. The first-order chi connectivity index (χ1) is 14.2. The average molecular weight is 410 g/mol. The maximum absolute atomic E-state index is 14.1. The predicted molar refractivity (Wildman–Crippen MR) is 111 cm³/mol. The molecule has 30 heavy (non-hydrogen) atoms. The van der Waals surface area contributed by atoms with Gasteiger partial charge in [0.2, 0.25) is 17.7 Å². The number of carbonyl (C=O) groups is 2. The fourth-order valence-electron chi connectivity index (χ4n) is 4.46. The zero-order chi connectivity index (χ0) is 21.8. The number of nitrogens with zero attached hydrogens (tertiary/aromatic N) is 2. The van der Waals surface area contributed by atoms with E-state index in [0.29, 0.717) is 23.4 Å². The fourth-order valence-corrected chi connectivity index (χ4v) is 4.46. The first-order valence-corrected chi connectivity index (χ1v) is 10.1. The van der Waals surface area contributed by atoms with Crippen molar-refractivity contribution in [3.63, 3.8) is 0 Å². The number of fused-ring (bicyclic) bond motifs is 4. The highest BCUT2D eigenvalue weighted by Crippen LogP contribution is 2.57. The Morgan fingerprint density at radius 2 is 2.00 bits per heavy atom. The number of rotatable bonds is 3. The molecule has 4 rings (SSSR count). The van der Waals surface area contributed by atoms with E-state index in [-0.39, 0.29) is 29.9 Å². The Morgan fingerprint density at radius 3 is 2.63 bits per heavy atom. The number of likely N-dealkylation sites (N-methyl/N-ethyl adjacent to an activating group) is 1. The van der Waals surface area contributed by atoms with Crippen LogP contribution in [0, 0.1) is 0 Å². The lowest BCUT2D eigenvalue weighted by molar-refractivity contribution is -0.140. The van der Waals surface area contributed by atoms with Crippen molar-refractivity contribution < 1.29 is 19.1 Å².